The summed E-state index contributed by atoms with van der Waals surface area (Å²) in [6, 6.07) is 8.09. The fourth-order valence-corrected chi connectivity index (χ4v) is 4.48. The third kappa shape index (κ3) is 3.48. The SMILES string of the molecule is Cc1ccc(-c2csc3ncn(CCC(=O)N(C)c4nccs4)c(=O)c23)cc1. The van der Waals surface area contributed by atoms with E-state index in [0.29, 0.717) is 15.3 Å². The van der Waals surface area contributed by atoms with Gasteiger partial charge in [0.15, 0.2) is 5.13 Å². The molecule has 0 aliphatic rings. The van der Waals surface area contributed by atoms with Crippen molar-refractivity contribution in [2.75, 3.05) is 11.9 Å². The molecule has 0 saturated carbocycles. The molecule has 28 heavy (non-hydrogen) atoms. The highest BCUT2D eigenvalue weighted by Gasteiger charge is 2.16. The minimum atomic E-state index is -0.119. The maximum atomic E-state index is 13.1. The maximum Gasteiger partial charge on any atom is 0.262 e. The van der Waals surface area contributed by atoms with Gasteiger partial charge in [-0.15, -0.1) is 22.7 Å². The first-order valence-electron chi connectivity index (χ1n) is 8.74. The second-order valence-corrected chi connectivity index (χ2v) is 8.19. The zero-order chi connectivity index (χ0) is 19.7. The minimum Gasteiger partial charge on any atom is -0.298 e. The van der Waals surface area contributed by atoms with Crippen LogP contribution in [0.15, 0.2) is 52.3 Å². The van der Waals surface area contributed by atoms with Crippen molar-refractivity contribution >= 4 is 43.9 Å². The molecule has 8 heteroatoms. The Balaban J connectivity index is 1.61. The fraction of sp³-hybridized carbons (Fsp3) is 0.200. The summed E-state index contributed by atoms with van der Waals surface area (Å²) in [5.41, 5.74) is 2.93. The molecule has 1 amide bonds. The lowest BCUT2D eigenvalue weighted by molar-refractivity contribution is -0.118. The summed E-state index contributed by atoms with van der Waals surface area (Å²) in [5, 5.41) is 5.04. The molecule has 3 aromatic heterocycles. The van der Waals surface area contributed by atoms with Gasteiger partial charge < -0.3 is 0 Å². The van der Waals surface area contributed by atoms with Crippen LogP contribution in [0.1, 0.15) is 12.0 Å². The Hall–Kier alpha value is -2.84. The molecule has 4 aromatic rings. The Bertz CT molecular complexity index is 1180. The highest BCUT2D eigenvalue weighted by molar-refractivity contribution is 7.17. The van der Waals surface area contributed by atoms with Crippen LogP contribution in [0.5, 0.6) is 0 Å². The number of rotatable bonds is 5. The van der Waals surface area contributed by atoms with E-state index >= 15 is 0 Å². The maximum absolute atomic E-state index is 13.1. The number of carbonyl (C=O) groups excluding carboxylic acids is 1. The molecule has 3 heterocycles. The standard InChI is InChI=1S/C20H18N4O2S2/c1-13-3-5-14(6-4-13)15-11-28-18-17(15)19(26)24(12-22-18)9-7-16(25)23(2)20-21-8-10-27-20/h3-6,8,10-12H,7,9H2,1-2H3. The Morgan fingerprint density at radius 3 is 2.68 bits per heavy atom. The number of thiophene rings is 1. The third-order valence-corrected chi connectivity index (χ3v) is 6.30. The number of anilines is 1. The van der Waals surface area contributed by atoms with Crippen molar-refractivity contribution in [1.82, 2.24) is 14.5 Å². The summed E-state index contributed by atoms with van der Waals surface area (Å²) in [7, 11) is 1.69. The molecule has 6 nitrogen and oxygen atoms in total. The lowest BCUT2D eigenvalue weighted by Gasteiger charge is -2.14. The van der Waals surface area contributed by atoms with Crippen LogP contribution >= 0.6 is 22.7 Å². The van der Waals surface area contributed by atoms with E-state index in [1.807, 2.05) is 41.9 Å². The summed E-state index contributed by atoms with van der Waals surface area (Å²) in [5.74, 6) is -0.0916. The minimum absolute atomic E-state index is 0.0916. The molecule has 0 aliphatic heterocycles. The summed E-state index contributed by atoms with van der Waals surface area (Å²) >= 11 is 2.86. The topological polar surface area (TPSA) is 68.1 Å². The van der Waals surface area contributed by atoms with Crippen molar-refractivity contribution < 1.29 is 4.79 Å². The number of benzene rings is 1. The molecule has 142 valence electrons. The van der Waals surface area contributed by atoms with Gasteiger partial charge in [-0.25, -0.2) is 9.97 Å². The Morgan fingerprint density at radius 2 is 1.96 bits per heavy atom. The highest BCUT2D eigenvalue weighted by Crippen LogP contribution is 2.30. The number of hydrogen-bond donors (Lipinski definition) is 0. The van der Waals surface area contributed by atoms with Crippen molar-refractivity contribution in [2.45, 2.75) is 19.9 Å². The Morgan fingerprint density at radius 1 is 1.18 bits per heavy atom. The molecule has 0 atom stereocenters. The lowest BCUT2D eigenvalue weighted by atomic mass is 10.1. The second kappa shape index (κ2) is 7.65. The zero-order valence-electron chi connectivity index (χ0n) is 15.5. The van der Waals surface area contributed by atoms with Crippen molar-refractivity contribution in [3.05, 3.63) is 63.5 Å². The smallest absolute Gasteiger partial charge is 0.262 e. The van der Waals surface area contributed by atoms with Gasteiger partial charge in [0, 0.05) is 42.5 Å². The molecule has 0 unspecified atom stereocenters. The van der Waals surface area contributed by atoms with Crippen molar-refractivity contribution in [3.8, 4) is 11.1 Å². The molecule has 4 rings (SSSR count). The summed E-state index contributed by atoms with van der Waals surface area (Å²) in [6.45, 7) is 2.31. The van der Waals surface area contributed by atoms with Gasteiger partial charge >= 0.3 is 0 Å². The number of aromatic nitrogens is 3. The van der Waals surface area contributed by atoms with Crippen molar-refractivity contribution in [1.29, 1.82) is 0 Å². The monoisotopic (exact) mass is 410 g/mol. The van der Waals surface area contributed by atoms with Crippen LogP contribution in [-0.2, 0) is 11.3 Å². The number of hydrogen-bond acceptors (Lipinski definition) is 6. The van der Waals surface area contributed by atoms with Gasteiger partial charge in [0.2, 0.25) is 5.91 Å². The molecule has 0 radical (unpaired) electrons. The van der Waals surface area contributed by atoms with Crippen LogP contribution in [0.4, 0.5) is 5.13 Å². The molecule has 0 bridgehead atoms. The van der Waals surface area contributed by atoms with E-state index in [0.717, 1.165) is 11.1 Å². The van der Waals surface area contributed by atoms with Gasteiger partial charge in [-0.3, -0.25) is 19.1 Å². The van der Waals surface area contributed by atoms with E-state index in [4.69, 9.17) is 0 Å². The quantitative estimate of drug-likeness (QED) is 0.500. The van der Waals surface area contributed by atoms with Crippen molar-refractivity contribution in [3.63, 3.8) is 0 Å². The van der Waals surface area contributed by atoms with E-state index < -0.39 is 0 Å². The summed E-state index contributed by atoms with van der Waals surface area (Å²) in [6.07, 6.45) is 3.39. The Labute approximate surface area is 169 Å². The van der Waals surface area contributed by atoms with Crippen LogP contribution in [0.2, 0.25) is 0 Å². The van der Waals surface area contributed by atoms with Gasteiger partial charge in [-0.1, -0.05) is 29.8 Å². The third-order valence-electron chi connectivity index (χ3n) is 4.57. The van der Waals surface area contributed by atoms with Gasteiger partial charge in [0.05, 0.1) is 11.7 Å². The largest absolute Gasteiger partial charge is 0.298 e. The number of thiazole rings is 1. The summed E-state index contributed by atoms with van der Waals surface area (Å²) in [4.78, 5) is 36.3. The van der Waals surface area contributed by atoms with Crippen LogP contribution in [0.3, 0.4) is 0 Å². The van der Waals surface area contributed by atoms with E-state index in [-0.39, 0.29) is 24.4 Å². The number of amides is 1. The zero-order valence-corrected chi connectivity index (χ0v) is 17.1. The lowest BCUT2D eigenvalue weighted by Crippen LogP contribution is -2.29. The highest BCUT2D eigenvalue weighted by atomic mass is 32.1. The number of aryl methyl sites for hydroxylation is 2. The molecular formula is C20H18N4O2S2. The predicted molar refractivity (Wildman–Crippen MR) is 114 cm³/mol. The van der Waals surface area contributed by atoms with Crippen molar-refractivity contribution in [2.24, 2.45) is 0 Å². The average Bonchev–Trinajstić information content (AvgIpc) is 3.37. The van der Waals surface area contributed by atoms with E-state index in [1.54, 1.807) is 13.2 Å². The van der Waals surface area contributed by atoms with Gasteiger partial charge in [0.25, 0.3) is 5.56 Å². The predicted octanol–water partition coefficient (Wildman–Crippen LogP) is 3.94. The number of carbonyl (C=O) groups is 1. The molecule has 0 fully saturated rings. The van der Waals surface area contributed by atoms with Crippen LogP contribution < -0.4 is 10.5 Å². The van der Waals surface area contributed by atoms with Gasteiger partial charge in [0.1, 0.15) is 4.83 Å². The first-order chi connectivity index (χ1) is 13.5. The first-order valence-corrected chi connectivity index (χ1v) is 10.5. The van der Waals surface area contributed by atoms with Crippen LogP contribution in [0.25, 0.3) is 21.3 Å². The van der Waals surface area contributed by atoms with Crippen LogP contribution in [0, 0.1) is 6.92 Å². The normalized spacial score (nSPS) is 11.1. The molecule has 1 aromatic carbocycles. The number of fused-ring (bicyclic) bond motifs is 1. The Kier molecular flexibility index (Phi) is 5.06. The van der Waals surface area contributed by atoms with Crippen LogP contribution in [-0.4, -0.2) is 27.5 Å². The molecule has 0 saturated heterocycles. The van der Waals surface area contributed by atoms with Gasteiger partial charge in [-0.2, -0.15) is 0 Å². The molecule has 0 N–H and O–H groups in total. The second-order valence-electron chi connectivity index (χ2n) is 6.46. The van der Waals surface area contributed by atoms with E-state index in [1.165, 1.54) is 44.0 Å². The fourth-order valence-electron chi connectivity index (χ4n) is 2.94. The number of nitrogens with zero attached hydrogens (tertiary/aromatic N) is 4. The summed E-state index contributed by atoms with van der Waals surface area (Å²) < 4.78 is 1.51. The average molecular weight is 411 g/mol. The van der Waals surface area contributed by atoms with Gasteiger partial charge in [-0.05, 0) is 12.5 Å². The van der Waals surface area contributed by atoms with E-state index in [2.05, 4.69) is 9.97 Å². The van der Waals surface area contributed by atoms with E-state index in [9.17, 15) is 9.59 Å². The first kappa shape index (κ1) is 18.5. The molecule has 0 aliphatic carbocycles. The molecular weight excluding hydrogens is 392 g/mol. The molecule has 0 spiro atoms.